The Morgan fingerprint density at radius 2 is 1.68 bits per heavy atom. The Morgan fingerprint density at radius 1 is 0.893 bits per heavy atom. The first-order valence-corrected chi connectivity index (χ1v) is 12.1. The fourth-order valence-electron chi connectivity index (χ4n) is 6.64. The van der Waals surface area contributed by atoms with Crippen molar-refractivity contribution >= 4 is 0 Å². The van der Waals surface area contributed by atoms with Crippen LogP contribution in [0.3, 0.4) is 0 Å². The van der Waals surface area contributed by atoms with E-state index >= 15 is 0 Å². The van der Waals surface area contributed by atoms with Gasteiger partial charge in [-0.15, -0.1) is 0 Å². The van der Waals surface area contributed by atoms with E-state index in [1.807, 2.05) is 6.08 Å². The van der Waals surface area contributed by atoms with Gasteiger partial charge in [-0.1, -0.05) is 44.0 Å². The van der Waals surface area contributed by atoms with E-state index in [9.17, 15) is 4.39 Å². The number of allylic oxidation sites excluding steroid dienone is 1. The van der Waals surface area contributed by atoms with Crippen LogP contribution in [0.2, 0.25) is 0 Å². The van der Waals surface area contributed by atoms with Gasteiger partial charge in [-0.25, -0.2) is 4.39 Å². The van der Waals surface area contributed by atoms with Crippen molar-refractivity contribution < 1.29 is 4.39 Å². The first-order chi connectivity index (χ1) is 13.8. The highest BCUT2D eigenvalue weighted by atomic mass is 19.1. The Balaban J connectivity index is 1.32. The summed E-state index contributed by atoms with van der Waals surface area (Å²) >= 11 is 0. The third kappa shape index (κ3) is 4.71. The van der Waals surface area contributed by atoms with E-state index in [4.69, 9.17) is 0 Å². The third-order valence-electron chi connectivity index (χ3n) is 8.31. The highest BCUT2D eigenvalue weighted by Crippen LogP contribution is 2.48. The van der Waals surface area contributed by atoms with E-state index in [2.05, 4.69) is 25.1 Å². The predicted octanol–water partition coefficient (Wildman–Crippen LogP) is 7.84. The minimum atomic E-state index is 0.510. The first-order valence-electron chi connectivity index (χ1n) is 12.1. The lowest BCUT2D eigenvalue weighted by atomic mass is 9.61. The molecule has 0 aromatic heterocycles. The van der Waals surface area contributed by atoms with Crippen LogP contribution < -0.4 is 0 Å². The standard InChI is InChI=1S/C27H39F/c1-2-3-4-5-20-6-8-24-18-26(12-10-22(24)16-20)27-13-11-23-17-21(14-15-28)7-9-25(23)19-27/h6,8,14-16,21,23,25-27H,2-5,7,9-13,17-19H2,1H3. The van der Waals surface area contributed by atoms with Crippen LogP contribution in [-0.2, 0) is 19.3 Å². The summed E-state index contributed by atoms with van der Waals surface area (Å²) in [6, 6.07) is 7.40. The number of aryl methyl sites for hydroxylation is 2. The molecule has 0 amide bonds. The van der Waals surface area contributed by atoms with Crippen molar-refractivity contribution in [2.45, 2.75) is 90.4 Å². The maximum absolute atomic E-state index is 12.5. The van der Waals surface area contributed by atoms with Gasteiger partial charge in [0.2, 0.25) is 0 Å². The number of unbranched alkanes of at least 4 members (excludes halogenated alkanes) is 2. The summed E-state index contributed by atoms with van der Waals surface area (Å²) in [5.74, 6) is 4.14. The Kier molecular flexibility index (Phi) is 6.91. The van der Waals surface area contributed by atoms with Gasteiger partial charge in [-0.3, -0.25) is 0 Å². The molecule has 5 unspecified atom stereocenters. The second-order valence-corrected chi connectivity index (χ2v) is 10.0. The topological polar surface area (TPSA) is 0 Å². The van der Waals surface area contributed by atoms with Gasteiger partial charge >= 0.3 is 0 Å². The third-order valence-corrected chi connectivity index (χ3v) is 8.31. The number of halogens is 1. The van der Waals surface area contributed by atoms with E-state index in [1.165, 1.54) is 83.5 Å². The molecule has 0 aliphatic heterocycles. The summed E-state index contributed by atoms with van der Waals surface area (Å²) in [6.07, 6.45) is 19.9. The zero-order valence-corrected chi connectivity index (χ0v) is 17.8. The number of hydrogen-bond acceptors (Lipinski definition) is 0. The molecule has 0 nitrogen and oxygen atoms in total. The molecule has 4 rings (SSSR count). The lowest BCUT2D eigenvalue weighted by Crippen LogP contribution is -2.34. The molecule has 0 saturated heterocycles. The molecule has 1 heteroatoms. The SMILES string of the molecule is CCCCCc1ccc2c(c1)CCC(C1CCC3CC(C=CF)CCC3C1)C2. The minimum Gasteiger partial charge on any atom is -0.216 e. The fourth-order valence-corrected chi connectivity index (χ4v) is 6.64. The second kappa shape index (κ2) is 9.59. The van der Waals surface area contributed by atoms with Gasteiger partial charge in [0, 0.05) is 0 Å². The molecule has 0 bridgehead atoms. The summed E-state index contributed by atoms with van der Waals surface area (Å²) in [4.78, 5) is 0. The molecule has 0 spiro atoms. The number of rotatable bonds is 6. The Labute approximate surface area is 172 Å². The van der Waals surface area contributed by atoms with Crippen molar-refractivity contribution in [3.8, 4) is 0 Å². The van der Waals surface area contributed by atoms with E-state index in [0.29, 0.717) is 5.92 Å². The summed E-state index contributed by atoms with van der Waals surface area (Å²) in [5.41, 5.74) is 4.86. The highest BCUT2D eigenvalue weighted by Gasteiger charge is 2.38. The van der Waals surface area contributed by atoms with Crippen LogP contribution in [0.5, 0.6) is 0 Å². The maximum Gasteiger partial charge on any atom is 0.0829 e. The molecule has 0 radical (unpaired) electrons. The zero-order chi connectivity index (χ0) is 19.3. The lowest BCUT2D eigenvalue weighted by Gasteiger charge is -2.44. The average Bonchev–Trinajstić information content (AvgIpc) is 2.73. The van der Waals surface area contributed by atoms with E-state index in [0.717, 1.165) is 30.0 Å². The van der Waals surface area contributed by atoms with Crippen molar-refractivity contribution in [3.05, 3.63) is 47.3 Å². The molecule has 1 aromatic rings. The molecule has 2 fully saturated rings. The molecular formula is C27H39F. The van der Waals surface area contributed by atoms with Crippen LogP contribution in [0.15, 0.2) is 30.6 Å². The molecule has 28 heavy (non-hydrogen) atoms. The van der Waals surface area contributed by atoms with Crippen molar-refractivity contribution in [2.24, 2.45) is 29.6 Å². The van der Waals surface area contributed by atoms with Crippen LogP contribution in [0.4, 0.5) is 4.39 Å². The normalized spacial score (nSPS) is 32.9. The van der Waals surface area contributed by atoms with Crippen LogP contribution in [-0.4, -0.2) is 0 Å². The summed E-state index contributed by atoms with van der Waals surface area (Å²) in [5, 5.41) is 0. The minimum absolute atomic E-state index is 0.510. The molecular weight excluding hydrogens is 343 g/mol. The van der Waals surface area contributed by atoms with Crippen molar-refractivity contribution in [1.29, 1.82) is 0 Å². The van der Waals surface area contributed by atoms with Gasteiger partial charge < -0.3 is 0 Å². The second-order valence-electron chi connectivity index (χ2n) is 10.0. The van der Waals surface area contributed by atoms with Gasteiger partial charge in [-0.05, 0) is 117 Å². The summed E-state index contributed by atoms with van der Waals surface area (Å²) in [7, 11) is 0. The smallest absolute Gasteiger partial charge is 0.0829 e. The molecule has 1 aromatic carbocycles. The van der Waals surface area contributed by atoms with Crippen molar-refractivity contribution in [2.75, 3.05) is 0 Å². The fraction of sp³-hybridized carbons (Fsp3) is 0.704. The number of fused-ring (bicyclic) bond motifs is 2. The van der Waals surface area contributed by atoms with Crippen molar-refractivity contribution in [1.82, 2.24) is 0 Å². The molecule has 154 valence electrons. The number of hydrogen-bond donors (Lipinski definition) is 0. The van der Waals surface area contributed by atoms with Crippen LogP contribution in [0.1, 0.15) is 87.8 Å². The quantitative estimate of drug-likeness (QED) is 0.440. The van der Waals surface area contributed by atoms with E-state index in [-0.39, 0.29) is 0 Å². The Bertz CT molecular complexity index is 660. The molecule has 3 aliphatic rings. The summed E-state index contributed by atoms with van der Waals surface area (Å²) in [6.45, 7) is 2.28. The van der Waals surface area contributed by atoms with Gasteiger partial charge in [0.25, 0.3) is 0 Å². The van der Waals surface area contributed by atoms with Crippen LogP contribution in [0.25, 0.3) is 0 Å². The van der Waals surface area contributed by atoms with Crippen molar-refractivity contribution in [3.63, 3.8) is 0 Å². The van der Waals surface area contributed by atoms with E-state index < -0.39 is 0 Å². The highest BCUT2D eigenvalue weighted by molar-refractivity contribution is 5.34. The van der Waals surface area contributed by atoms with Gasteiger partial charge in [0.1, 0.15) is 0 Å². The maximum atomic E-state index is 12.5. The van der Waals surface area contributed by atoms with Crippen LogP contribution in [0, 0.1) is 29.6 Å². The van der Waals surface area contributed by atoms with Gasteiger partial charge in [-0.2, -0.15) is 0 Å². The van der Waals surface area contributed by atoms with E-state index in [1.54, 1.807) is 16.7 Å². The lowest BCUT2D eigenvalue weighted by molar-refractivity contribution is 0.0809. The summed E-state index contributed by atoms with van der Waals surface area (Å²) < 4.78 is 12.5. The predicted molar refractivity (Wildman–Crippen MR) is 117 cm³/mol. The average molecular weight is 383 g/mol. The molecule has 3 aliphatic carbocycles. The van der Waals surface area contributed by atoms with Gasteiger partial charge in [0.05, 0.1) is 6.33 Å². The monoisotopic (exact) mass is 382 g/mol. The molecule has 5 atom stereocenters. The van der Waals surface area contributed by atoms with Crippen LogP contribution >= 0.6 is 0 Å². The zero-order valence-electron chi connectivity index (χ0n) is 17.8. The largest absolute Gasteiger partial charge is 0.216 e. The molecule has 2 saturated carbocycles. The molecule has 0 heterocycles. The molecule has 0 N–H and O–H groups in total. The van der Waals surface area contributed by atoms with Gasteiger partial charge in [0.15, 0.2) is 0 Å². The first kappa shape index (κ1) is 20.2. The Hall–Kier alpha value is -1.11. The Morgan fingerprint density at radius 3 is 2.50 bits per heavy atom. The number of benzene rings is 1.